The average Bonchev–Trinajstić information content (AvgIpc) is 3.29. The van der Waals surface area contributed by atoms with E-state index in [4.69, 9.17) is 9.47 Å². The van der Waals surface area contributed by atoms with Gasteiger partial charge in [0.15, 0.2) is 6.29 Å². The zero-order valence-electron chi connectivity index (χ0n) is 42.1. The number of aliphatic hydroxyl groups is 5. The summed E-state index contributed by atoms with van der Waals surface area (Å²) >= 11 is 0. The van der Waals surface area contributed by atoms with Gasteiger partial charge in [-0.05, 0) is 19.3 Å². The van der Waals surface area contributed by atoms with Crippen LogP contribution in [0.2, 0.25) is 0 Å². The second kappa shape index (κ2) is 45.7. The van der Waals surface area contributed by atoms with E-state index in [-0.39, 0.29) is 12.5 Å². The summed E-state index contributed by atoms with van der Waals surface area (Å²) < 4.78 is 11.2. The molecule has 0 aromatic carbocycles. The van der Waals surface area contributed by atoms with E-state index in [1.54, 1.807) is 6.08 Å². The minimum absolute atomic E-state index is 0.171. The number of carbonyl (C=O) groups excluding carboxylic acids is 1. The molecule has 0 aromatic heterocycles. The molecule has 0 spiro atoms. The molecule has 9 nitrogen and oxygen atoms in total. The van der Waals surface area contributed by atoms with Crippen LogP contribution in [0, 0.1) is 0 Å². The van der Waals surface area contributed by atoms with Gasteiger partial charge in [-0.3, -0.25) is 4.79 Å². The number of hydrogen-bond acceptors (Lipinski definition) is 8. The molecule has 6 N–H and O–H groups in total. The number of ether oxygens (including phenoxy) is 2. The van der Waals surface area contributed by atoms with E-state index in [1.165, 1.54) is 218 Å². The van der Waals surface area contributed by atoms with Crippen LogP contribution in [0.15, 0.2) is 12.2 Å². The van der Waals surface area contributed by atoms with Crippen LogP contribution in [-0.2, 0) is 14.3 Å². The lowest BCUT2D eigenvalue weighted by Gasteiger charge is -2.40. The number of amides is 1. The van der Waals surface area contributed by atoms with Gasteiger partial charge >= 0.3 is 0 Å². The first-order chi connectivity index (χ1) is 31.3. The van der Waals surface area contributed by atoms with Crippen molar-refractivity contribution in [2.24, 2.45) is 0 Å². The van der Waals surface area contributed by atoms with Crippen LogP contribution < -0.4 is 5.32 Å². The zero-order chi connectivity index (χ0) is 46.6. The molecule has 1 aliphatic rings. The van der Waals surface area contributed by atoms with Gasteiger partial charge in [0.25, 0.3) is 0 Å². The number of nitrogens with one attached hydrogen (secondary N) is 1. The van der Waals surface area contributed by atoms with Gasteiger partial charge in [-0.1, -0.05) is 264 Å². The number of rotatable bonds is 48. The van der Waals surface area contributed by atoms with E-state index < -0.39 is 49.5 Å². The standard InChI is InChI=1S/C55H107NO8/c1-3-5-7-9-11-13-15-17-18-19-20-21-22-23-24-25-26-27-28-29-30-31-33-35-37-39-41-43-45-51(59)56-48(47-63-55-54(62)53(61)52(60)50(46-57)64-55)49(58)44-42-40-38-36-34-32-16-14-12-10-8-6-4-2/h42,44,48-50,52-55,57-58,60-62H,3-41,43,45-47H2,1-2H3,(H,56,59)/b44-42+/t48-,49+,50+,52+,53?,54?,55+/m0/s1. The Morgan fingerprint density at radius 1 is 0.516 bits per heavy atom. The quantitative estimate of drug-likeness (QED) is 0.0261. The first-order valence-electron chi connectivity index (χ1n) is 27.9. The van der Waals surface area contributed by atoms with E-state index in [1.807, 2.05) is 6.08 Å². The maximum atomic E-state index is 13.0. The fourth-order valence-electron chi connectivity index (χ4n) is 9.16. The summed E-state index contributed by atoms with van der Waals surface area (Å²) in [5, 5.41) is 54.3. The van der Waals surface area contributed by atoms with Gasteiger partial charge in [0.05, 0.1) is 25.4 Å². The Kier molecular flexibility index (Phi) is 43.5. The first kappa shape index (κ1) is 60.9. The Hall–Kier alpha value is -1.07. The lowest BCUT2D eigenvalue weighted by atomic mass is 9.99. The van der Waals surface area contributed by atoms with E-state index in [9.17, 15) is 30.3 Å². The van der Waals surface area contributed by atoms with Gasteiger partial charge in [0, 0.05) is 6.42 Å². The van der Waals surface area contributed by atoms with Crippen molar-refractivity contribution < 1.29 is 39.8 Å². The van der Waals surface area contributed by atoms with Gasteiger partial charge in [0.2, 0.25) is 5.91 Å². The molecular weight excluding hydrogens is 803 g/mol. The summed E-state index contributed by atoms with van der Waals surface area (Å²) in [5.41, 5.74) is 0. The maximum absolute atomic E-state index is 13.0. The molecule has 1 fully saturated rings. The molecular formula is C55H107NO8. The summed E-state index contributed by atoms with van der Waals surface area (Å²) in [6.45, 7) is 3.80. The smallest absolute Gasteiger partial charge is 0.220 e. The number of allylic oxidation sites excluding steroid dienone is 1. The molecule has 7 atom stereocenters. The predicted octanol–water partition coefficient (Wildman–Crippen LogP) is 13.2. The summed E-state index contributed by atoms with van der Waals surface area (Å²) in [6, 6.07) is -0.799. The van der Waals surface area contributed by atoms with Crippen LogP contribution in [0.4, 0.5) is 0 Å². The molecule has 0 aromatic rings. The molecule has 64 heavy (non-hydrogen) atoms. The molecule has 1 saturated heterocycles. The monoisotopic (exact) mass is 910 g/mol. The minimum atomic E-state index is -1.56. The molecule has 0 aliphatic carbocycles. The SMILES string of the molecule is CCCCCCCCCCCCC/C=C/[C@@H](O)[C@H](CO[C@@H]1O[C@H](CO)[C@@H](O)C(O)C1O)NC(=O)CCCCCCCCCCCCCCCCCCCCCCCCCCCCCC. The van der Waals surface area contributed by atoms with Gasteiger partial charge in [0.1, 0.15) is 24.4 Å². The van der Waals surface area contributed by atoms with Crippen molar-refractivity contribution in [1.29, 1.82) is 0 Å². The lowest BCUT2D eigenvalue weighted by molar-refractivity contribution is -0.302. The van der Waals surface area contributed by atoms with Crippen LogP contribution >= 0.6 is 0 Å². The number of aliphatic hydroxyl groups excluding tert-OH is 5. The van der Waals surface area contributed by atoms with Crippen molar-refractivity contribution in [2.75, 3.05) is 13.2 Å². The van der Waals surface area contributed by atoms with Gasteiger partial charge in [-0.2, -0.15) is 0 Å². The van der Waals surface area contributed by atoms with Crippen molar-refractivity contribution in [3.05, 3.63) is 12.2 Å². The zero-order valence-corrected chi connectivity index (χ0v) is 42.1. The summed E-state index contributed by atoms with van der Waals surface area (Å²) in [5.74, 6) is -0.171. The van der Waals surface area contributed by atoms with E-state index in [0.29, 0.717) is 6.42 Å². The molecule has 380 valence electrons. The highest BCUT2D eigenvalue weighted by atomic mass is 16.7. The van der Waals surface area contributed by atoms with Crippen molar-refractivity contribution >= 4 is 5.91 Å². The highest BCUT2D eigenvalue weighted by Crippen LogP contribution is 2.23. The third-order valence-corrected chi connectivity index (χ3v) is 13.6. The second-order valence-electron chi connectivity index (χ2n) is 19.7. The summed E-state index contributed by atoms with van der Waals surface area (Å²) in [6.07, 6.45) is 48.6. The van der Waals surface area contributed by atoms with Gasteiger partial charge in [-0.25, -0.2) is 0 Å². The molecule has 1 rings (SSSR count). The van der Waals surface area contributed by atoms with Crippen LogP contribution in [0.1, 0.15) is 277 Å². The summed E-state index contributed by atoms with van der Waals surface area (Å²) in [4.78, 5) is 13.0. The normalized spacial score (nSPS) is 20.0. The van der Waals surface area contributed by atoms with Crippen molar-refractivity contribution in [1.82, 2.24) is 5.32 Å². The van der Waals surface area contributed by atoms with Crippen LogP contribution in [0.3, 0.4) is 0 Å². The Morgan fingerprint density at radius 2 is 0.859 bits per heavy atom. The van der Waals surface area contributed by atoms with E-state index in [2.05, 4.69) is 19.2 Å². The Bertz CT molecular complexity index is 1010. The molecule has 0 bridgehead atoms. The average molecular weight is 910 g/mol. The topological polar surface area (TPSA) is 149 Å². The second-order valence-corrected chi connectivity index (χ2v) is 19.7. The highest BCUT2D eigenvalue weighted by molar-refractivity contribution is 5.76. The largest absolute Gasteiger partial charge is 0.394 e. The van der Waals surface area contributed by atoms with Crippen LogP contribution in [0.25, 0.3) is 0 Å². The molecule has 9 heteroatoms. The molecule has 1 amide bonds. The highest BCUT2D eigenvalue weighted by Gasteiger charge is 2.44. The number of unbranched alkanes of at least 4 members (excludes halogenated alkanes) is 38. The third-order valence-electron chi connectivity index (χ3n) is 13.6. The molecule has 0 radical (unpaired) electrons. The van der Waals surface area contributed by atoms with Crippen molar-refractivity contribution in [2.45, 2.75) is 320 Å². The molecule has 0 saturated carbocycles. The first-order valence-corrected chi connectivity index (χ1v) is 27.9. The molecule has 1 aliphatic heterocycles. The number of hydrogen-bond donors (Lipinski definition) is 6. The van der Waals surface area contributed by atoms with Crippen molar-refractivity contribution in [3.8, 4) is 0 Å². The van der Waals surface area contributed by atoms with Crippen molar-refractivity contribution in [3.63, 3.8) is 0 Å². The fraction of sp³-hybridized carbons (Fsp3) is 0.945. The lowest BCUT2D eigenvalue weighted by Crippen LogP contribution is -2.60. The minimum Gasteiger partial charge on any atom is -0.394 e. The Balaban J connectivity index is 2.15. The van der Waals surface area contributed by atoms with Gasteiger partial charge < -0.3 is 40.3 Å². The predicted molar refractivity (Wildman–Crippen MR) is 267 cm³/mol. The number of carbonyl (C=O) groups is 1. The Morgan fingerprint density at radius 3 is 1.22 bits per heavy atom. The van der Waals surface area contributed by atoms with E-state index >= 15 is 0 Å². The summed E-state index contributed by atoms with van der Waals surface area (Å²) in [7, 11) is 0. The molecule has 1 heterocycles. The van der Waals surface area contributed by atoms with E-state index in [0.717, 1.165) is 38.5 Å². The van der Waals surface area contributed by atoms with Crippen LogP contribution in [0.5, 0.6) is 0 Å². The van der Waals surface area contributed by atoms with Crippen LogP contribution in [-0.4, -0.2) is 87.5 Å². The van der Waals surface area contributed by atoms with Gasteiger partial charge in [-0.15, -0.1) is 0 Å². The molecule has 2 unspecified atom stereocenters. The Labute approximate surface area is 395 Å². The maximum Gasteiger partial charge on any atom is 0.220 e. The fourth-order valence-corrected chi connectivity index (χ4v) is 9.16. The third kappa shape index (κ3) is 35.1.